The Bertz CT molecular complexity index is 1480. The summed E-state index contributed by atoms with van der Waals surface area (Å²) < 4.78 is 0. The van der Waals surface area contributed by atoms with Crippen LogP contribution >= 0.6 is 11.3 Å². The zero-order valence-electron chi connectivity index (χ0n) is 16.8. The lowest BCUT2D eigenvalue weighted by Crippen LogP contribution is -2.22. The van der Waals surface area contributed by atoms with Gasteiger partial charge >= 0.3 is 0 Å². The Kier molecular flexibility index (Phi) is 4.58. The normalized spacial score (nSPS) is 15.2. The van der Waals surface area contributed by atoms with Crippen LogP contribution in [0.2, 0.25) is 0 Å². The number of hydrogen-bond acceptors (Lipinski definition) is 7. The van der Waals surface area contributed by atoms with Crippen molar-refractivity contribution in [3.63, 3.8) is 0 Å². The second-order valence-corrected chi connectivity index (χ2v) is 8.45. The summed E-state index contributed by atoms with van der Waals surface area (Å²) in [6, 6.07) is 20.6. The van der Waals surface area contributed by atoms with Crippen molar-refractivity contribution in [1.29, 1.82) is 10.7 Å². The maximum absolute atomic E-state index is 13.1. The first-order valence-corrected chi connectivity index (χ1v) is 10.7. The first-order chi connectivity index (χ1) is 15.5. The smallest absolute Gasteiger partial charge is 0.205 e. The molecule has 6 nitrogen and oxygen atoms in total. The number of nitrogens with one attached hydrogen (secondary N) is 1. The minimum atomic E-state index is -0.781. The van der Waals surface area contributed by atoms with E-state index in [-0.39, 0.29) is 17.3 Å². The van der Waals surface area contributed by atoms with Gasteiger partial charge in [0.1, 0.15) is 21.4 Å². The summed E-state index contributed by atoms with van der Waals surface area (Å²) in [5.74, 6) is -0.815. The van der Waals surface area contributed by atoms with Gasteiger partial charge in [-0.25, -0.2) is 4.98 Å². The van der Waals surface area contributed by atoms with Crippen LogP contribution in [0.1, 0.15) is 31.9 Å². The molecule has 0 amide bonds. The maximum Gasteiger partial charge on any atom is 0.205 e. The number of nitriles is 1. The molecular formula is C25H17N5OS. The summed E-state index contributed by atoms with van der Waals surface area (Å²) in [7, 11) is 0. The fourth-order valence-electron chi connectivity index (χ4n) is 4.07. The van der Waals surface area contributed by atoms with E-state index in [1.54, 1.807) is 24.3 Å². The Morgan fingerprint density at radius 3 is 2.38 bits per heavy atom. The predicted octanol–water partition coefficient (Wildman–Crippen LogP) is 4.75. The maximum atomic E-state index is 13.1. The van der Waals surface area contributed by atoms with Crippen molar-refractivity contribution in [3.8, 4) is 6.07 Å². The molecule has 2 aromatic heterocycles. The molecule has 4 aromatic rings. The van der Waals surface area contributed by atoms with Crippen molar-refractivity contribution in [2.45, 2.75) is 0 Å². The third kappa shape index (κ3) is 2.89. The van der Waals surface area contributed by atoms with Crippen LogP contribution in [0.5, 0.6) is 0 Å². The van der Waals surface area contributed by atoms with Crippen molar-refractivity contribution in [2.75, 3.05) is 11.5 Å². The molecule has 1 aliphatic carbocycles. The Morgan fingerprint density at radius 2 is 1.72 bits per heavy atom. The number of pyridine rings is 1. The van der Waals surface area contributed by atoms with E-state index >= 15 is 0 Å². The molecule has 1 atom stereocenters. The van der Waals surface area contributed by atoms with Gasteiger partial charge in [0, 0.05) is 16.5 Å². The molecule has 2 aromatic carbocycles. The van der Waals surface area contributed by atoms with Gasteiger partial charge in [-0.15, -0.1) is 11.3 Å². The molecule has 32 heavy (non-hydrogen) atoms. The van der Waals surface area contributed by atoms with Crippen LogP contribution in [-0.4, -0.2) is 16.5 Å². The molecule has 0 bridgehead atoms. The van der Waals surface area contributed by atoms with Crippen LogP contribution in [-0.2, 0) is 0 Å². The van der Waals surface area contributed by atoms with Crippen molar-refractivity contribution in [3.05, 3.63) is 87.8 Å². The lowest BCUT2D eigenvalue weighted by Gasteiger charge is -2.24. The van der Waals surface area contributed by atoms with Crippen molar-refractivity contribution in [2.24, 2.45) is 5.92 Å². The van der Waals surface area contributed by atoms with E-state index in [1.165, 1.54) is 11.3 Å². The number of nitrogens with two attached hydrogens (primary N) is 2. The van der Waals surface area contributed by atoms with Crippen molar-refractivity contribution < 1.29 is 4.79 Å². The topological polar surface area (TPSA) is 130 Å². The quantitative estimate of drug-likeness (QED) is 0.400. The molecule has 0 radical (unpaired) electrons. The summed E-state index contributed by atoms with van der Waals surface area (Å²) in [6.07, 6.45) is 1.86. The highest BCUT2D eigenvalue weighted by molar-refractivity contribution is 7.21. The van der Waals surface area contributed by atoms with Crippen LogP contribution in [0, 0.1) is 22.7 Å². The monoisotopic (exact) mass is 435 g/mol. The standard InChI is InChI=1S/C25H17N5OS/c26-12-17-15(13-7-3-1-4-8-13)11-16-18(20(17)27)24(29)30-25-19(16)21(28)23(32-25)22(31)14-9-5-2-6-10-14/h1-11,17,27H,28H2,(H2,29,30). The molecule has 1 unspecified atom stereocenters. The molecule has 7 heteroatoms. The first kappa shape index (κ1) is 19.7. The summed E-state index contributed by atoms with van der Waals surface area (Å²) in [6.45, 7) is 0. The highest BCUT2D eigenvalue weighted by Gasteiger charge is 2.33. The number of hydrogen-bond donors (Lipinski definition) is 3. The van der Waals surface area contributed by atoms with E-state index in [0.29, 0.717) is 43.0 Å². The fourth-order valence-corrected chi connectivity index (χ4v) is 5.15. The summed E-state index contributed by atoms with van der Waals surface area (Å²) in [4.78, 5) is 18.5. The van der Waals surface area contributed by atoms with Crippen molar-refractivity contribution in [1.82, 2.24) is 4.98 Å². The molecule has 154 valence electrons. The SMILES string of the molecule is N#CC1C(=N)c2c(N)nc3sc(C(=O)c4ccccc4)c(N)c3c2C=C1c1ccccc1. The number of allylic oxidation sites excluding steroid dienone is 1. The molecule has 0 fully saturated rings. The average Bonchev–Trinajstić information content (AvgIpc) is 3.15. The number of anilines is 2. The van der Waals surface area contributed by atoms with Crippen LogP contribution in [0.4, 0.5) is 11.5 Å². The average molecular weight is 436 g/mol. The lowest BCUT2D eigenvalue weighted by atomic mass is 9.79. The number of carbonyl (C=O) groups is 1. The van der Waals surface area contributed by atoms with Crippen LogP contribution in [0.15, 0.2) is 60.7 Å². The number of rotatable bonds is 3. The molecule has 0 saturated carbocycles. The van der Waals surface area contributed by atoms with Gasteiger partial charge in [-0.05, 0) is 22.8 Å². The molecule has 5 rings (SSSR count). The molecule has 0 saturated heterocycles. The second-order valence-electron chi connectivity index (χ2n) is 7.45. The number of benzene rings is 2. The van der Waals surface area contributed by atoms with Gasteiger partial charge in [-0.1, -0.05) is 60.7 Å². The number of fused-ring (bicyclic) bond motifs is 3. The van der Waals surface area contributed by atoms with Gasteiger partial charge in [0.2, 0.25) is 5.78 Å². The van der Waals surface area contributed by atoms with Crippen LogP contribution in [0.25, 0.3) is 21.9 Å². The van der Waals surface area contributed by atoms with Crippen LogP contribution in [0.3, 0.4) is 0 Å². The van der Waals surface area contributed by atoms with E-state index in [2.05, 4.69) is 11.1 Å². The third-order valence-electron chi connectivity index (χ3n) is 5.59. The number of nitrogen functional groups attached to an aromatic ring is 2. The molecule has 5 N–H and O–H groups in total. The Labute approximate surface area is 188 Å². The largest absolute Gasteiger partial charge is 0.397 e. The molecular weight excluding hydrogens is 418 g/mol. The molecule has 0 aliphatic heterocycles. The van der Waals surface area contributed by atoms with Gasteiger partial charge in [-0.3, -0.25) is 4.79 Å². The fraction of sp³-hybridized carbons (Fsp3) is 0.0400. The minimum Gasteiger partial charge on any atom is -0.397 e. The lowest BCUT2D eigenvalue weighted by molar-refractivity contribution is 0.104. The number of carbonyl (C=O) groups excluding carboxylic acids is 1. The van der Waals surface area contributed by atoms with Gasteiger partial charge in [0.25, 0.3) is 0 Å². The van der Waals surface area contributed by atoms with E-state index in [0.717, 1.165) is 5.56 Å². The Balaban J connectivity index is 1.79. The Morgan fingerprint density at radius 1 is 1.06 bits per heavy atom. The zero-order chi connectivity index (χ0) is 22.4. The van der Waals surface area contributed by atoms with E-state index in [4.69, 9.17) is 16.9 Å². The highest BCUT2D eigenvalue weighted by atomic mass is 32.1. The van der Waals surface area contributed by atoms with E-state index < -0.39 is 5.92 Å². The van der Waals surface area contributed by atoms with Gasteiger partial charge < -0.3 is 16.9 Å². The summed E-state index contributed by atoms with van der Waals surface area (Å²) in [5.41, 5.74) is 16.2. The van der Waals surface area contributed by atoms with E-state index in [1.807, 2.05) is 42.5 Å². The summed E-state index contributed by atoms with van der Waals surface area (Å²) >= 11 is 1.19. The van der Waals surface area contributed by atoms with Gasteiger partial charge in [0.15, 0.2) is 0 Å². The number of ketones is 1. The van der Waals surface area contributed by atoms with Gasteiger partial charge in [-0.2, -0.15) is 5.26 Å². The molecule has 0 spiro atoms. The van der Waals surface area contributed by atoms with E-state index in [9.17, 15) is 10.1 Å². The second kappa shape index (κ2) is 7.45. The van der Waals surface area contributed by atoms with Crippen molar-refractivity contribution >= 4 is 56.2 Å². The third-order valence-corrected chi connectivity index (χ3v) is 6.69. The van der Waals surface area contributed by atoms with Gasteiger partial charge in [0.05, 0.1) is 17.5 Å². The number of aromatic nitrogens is 1. The highest BCUT2D eigenvalue weighted by Crippen LogP contribution is 2.44. The molecule has 2 heterocycles. The minimum absolute atomic E-state index is 0.0808. The first-order valence-electron chi connectivity index (χ1n) is 9.88. The molecule has 1 aliphatic rings. The zero-order valence-corrected chi connectivity index (χ0v) is 17.6. The predicted molar refractivity (Wildman–Crippen MR) is 129 cm³/mol. The number of nitrogens with zero attached hydrogens (tertiary/aromatic N) is 2. The van der Waals surface area contributed by atoms with Crippen LogP contribution < -0.4 is 11.5 Å². The number of thiophene rings is 1. The summed E-state index contributed by atoms with van der Waals surface area (Å²) in [5, 5.41) is 19.1. The Hall–Kier alpha value is -4.28.